The minimum absolute atomic E-state index is 0.00632. The molecule has 0 aliphatic heterocycles. The van der Waals surface area contributed by atoms with Gasteiger partial charge in [-0.3, -0.25) is 9.59 Å². The van der Waals surface area contributed by atoms with E-state index >= 15 is 0 Å². The van der Waals surface area contributed by atoms with Crippen LogP contribution < -0.4 is 10.6 Å². The lowest BCUT2D eigenvalue weighted by Crippen LogP contribution is -2.32. The van der Waals surface area contributed by atoms with Crippen LogP contribution in [0.4, 0.5) is 5.69 Å². The number of nitrogens with zero attached hydrogens (tertiary/aromatic N) is 3. The third-order valence-electron chi connectivity index (χ3n) is 5.50. The zero-order chi connectivity index (χ0) is 28.5. The van der Waals surface area contributed by atoms with E-state index in [-0.39, 0.29) is 34.1 Å². The van der Waals surface area contributed by atoms with Gasteiger partial charge < -0.3 is 19.9 Å². The van der Waals surface area contributed by atoms with Crippen LogP contribution >= 0.6 is 35.0 Å². The first-order valence-corrected chi connectivity index (χ1v) is 13.8. The molecule has 39 heavy (non-hydrogen) atoms. The first-order valence-electron chi connectivity index (χ1n) is 12.0. The van der Waals surface area contributed by atoms with Crippen molar-refractivity contribution in [2.24, 2.45) is 5.92 Å². The number of anilines is 1. The largest absolute Gasteiger partial charge is 0.465 e. The summed E-state index contributed by atoms with van der Waals surface area (Å²) in [5.41, 5.74) is 0.899. The second-order valence-corrected chi connectivity index (χ2v) is 10.7. The van der Waals surface area contributed by atoms with Crippen molar-refractivity contribution >= 4 is 58.4 Å². The molecule has 0 saturated carbocycles. The number of halogens is 2. The van der Waals surface area contributed by atoms with Crippen LogP contribution in [0, 0.1) is 5.92 Å². The van der Waals surface area contributed by atoms with Crippen LogP contribution in [0.3, 0.4) is 0 Å². The average Bonchev–Trinajstić information content (AvgIpc) is 3.29. The maximum absolute atomic E-state index is 13.1. The Morgan fingerprint density at radius 1 is 1.13 bits per heavy atom. The third kappa shape index (κ3) is 8.08. The summed E-state index contributed by atoms with van der Waals surface area (Å²) in [6, 6.07) is 10.8. The fourth-order valence-corrected chi connectivity index (χ4v) is 5.02. The zero-order valence-electron chi connectivity index (χ0n) is 21.7. The molecule has 3 rings (SSSR count). The molecule has 0 unspecified atom stereocenters. The van der Waals surface area contributed by atoms with Gasteiger partial charge in [-0.1, -0.05) is 67.0 Å². The number of hydrogen-bond acceptors (Lipinski definition) is 7. The maximum atomic E-state index is 13.1. The Morgan fingerprint density at radius 3 is 2.54 bits per heavy atom. The van der Waals surface area contributed by atoms with Crippen molar-refractivity contribution in [3.63, 3.8) is 0 Å². The van der Waals surface area contributed by atoms with Gasteiger partial charge in [0.05, 0.1) is 40.7 Å². The van der Waals surface area contributed by atoms with E-state index in [9.17, 15) is 14.4 Å². The first-order chi connectivity index (χ1) is 18.6. The van der Waals surface area contributed by atoms with Crippen molar-refractivity contribution in [3.05, 3.63) is 82.1 Å². The molecular formula is C27H29Cl2N5O4S. The summed E-state index contributed by atoms with van der Waals surface area (Å²) >= 11 is 13.4. The van der Waals surface area contributed by atoms with Crippen LogP contribution in [-0.2, 0) is 16.1 Å². The number of allylic oxidation sites excluding steroid dienone is 1. The number of esters is 1. The molecule has 0 fully saturated rings. The molecule has 0 saturated heterocycles. The van der Waals surface area contributed by atoms with E-state index in [2.05, 4.69) is 27.4 Å². The molecule has 0 radical (unpaired) electrons. The van der Waals surface area contributed by atoms with Crippen LogP contribution in [0.1, 0.15) is 52.9 Å². The Morgan fingerprint density at radius 2 is 1.87 bits per heavy atom. The van der Waals surface area contributed by atoms with E-state index in [1.807, 2.05) is 18.4 Å². The molecule has 1 atom stereocenters. The minimum atomic E-state index is -0.549. The highest BCUT2D eigenvalue weighted by atomic mass is 35.5. The van der Waals surface area contributed by atoms with E-state index < -0.39 is 12.0 Å². The number of ether oxygens (including phenoxy) is 1. The number of benzene rings is 2. The maximum Gasteiger partial charge on any atom is 0.339 e. The monoisotopic (exact) mass is 589 g/mol. The second-order valence-electron chi connectivity index (χ2n) is 8.89. The van der Waals surface area contributed by atoms with E-state index in [0.717, 1.165) is 0 Å². The number of carbonyl (C=O) groups excluding carboxylic acids is 3. The summed E-state index contributed by atoms with van der Waals surface area (Å²) in [5.74, 6) is -0.495. The zero-order valence-corrected chi connectivity index (χ0v) is 24.1. The molecule has 0 aliphatic carbocycles. The third-order valence-corrected chi connectivity index (χ3v) is 7.01. The van der Waals surface area contributed by atoms with Crippen LogP contribution in [0.15, 0.2) is 60.3 Å². The summed E-state index contributed by atoms with van der Waals surface area (Å²) < 4.78 is 6.59. The van der Waals surface area contributed by atoms with Crippen molar-refractivity contribution in [2.45, 2.75) is 38.0 Å². The van der Waals surface area contributed by atoms with Crippen molar-refractivity contribution in [3.8, 4) is 0 Å². The second kappa shape index (κ2) is 14.2. The van der Waals surface area contributed by atoms with E-state index in [1.54, 1.807) is 42.5 Å². The fourth-order valence-electron chi connectivity index (χ4n) is 3.77. The molecule has 2 aromatic carbocycles. The SMILES string of the molecule is C=CCn1c(SCC(=O)Nc2ccccc2C(=O)OC)nnc1[C@@H](CC(C)C)NC(=O)c1ccc(Cl)cc1Cl. The van der Waals surface area contributed by atoms with Crippen LogP contribution in [0.25, 0.3) is 0 Å². The van der Waals surface area contributed by atoms with Crippen LogP contribution in [0.2, 0.25) is 10.0 Å². The number of hydrogen-bond donors (Lipinski definition) is 2. The van der Waals surface area contributed by atoms with Crippen molar-refractivity contribution in [2.75, 3.05) is 18.2 Å². The molecule has 206 valence electrons. The molecular weight excluding hydrogens is 561 g/mol. The van der Waals surface area contributed by atoms with Gasteiger partial charge >= 0.3 is 5.97 Å². The molecule has 9 nitrogen and oxygen atoms in total. The lowest BCUT2D eigenvalue weighted by Gasteiger charge is -2.21. The summed E-state index contributed by atoms with van der Waals surface area (Å²) in [6.07, 6.45) is 2.27. The molecule has 0 bridgehead atoms. The molecule has 1 aromatic heterocycles. The van der Waals surface area contributed by atoms with Crippen molar-refractivity contribution < 1.29 is 19.1 Å². The van der Waals surface area contributed by atoms with E-state index in [0.29, 0.717) is 40.2 Å². The van der Waals surface area contributed by atoms with Gasteiger partial charge in [-0.15, -0.1) is 16.8 Å². The first kappa shape index (κ1) is 30.2. The van der Waals surface area contributed by atoms with E-state index in [4.69, 9.17) is 27.9 Å². The van der Waals surface area contributed by atoms with Gasteiger partial charge in [0.2, 0.25) is 5.91 Å². The normalized spacial score (nSPS) is 11.6. The topological polar surface area (TPSA) is 115 Å². The highest BCUT2D eigenvalue weighted by Gasteiger charge is 2.25. The average molecular weight is 591 g/mol. The highest BCUT2D eigenvalue weighted by Crippen LogP contribution is 2.27. The summed E-state index contributed by atoms with van der Waals surface area (Å²) in [6.45, 7) is 8.26. The van der Waals surface area contributed by atoms with Gasteiger partial charge in [0.1, 0.15) is 0 Å². The molecule has 1 heterocycles. The standard InChI is InChI=1S/C27H29Cl2N5O4S/c1-5-12-34-24(22(13-16(2)3)31-25(36)18-11-10-17(28)14-20(18)29)32-33-27(34)39-15-23(35)30-21-9-7-6-8-19(21)26(37)38-4/h5-11,14,16,22H,1,12-13,15H2,2-4H3,(H,30,35)(H,31,36)/t22-/m1/s1. The lowest BCUT2D eigenvalue weighted by atomic mass is 10.0. The van der Waals surface area contributed by atoms with Gasteiger partial charge in [0.15, 0.2) is 11.0 Å². The predicted octanol–water partition coefficient (Wildman–Crippen LogP) is 5.81. The molecule has 0 aliphatic rings. The Bertz CT molecular complexity index is 1360. The van der Waals surface area contributed by atoms with Gasteiger partial charge in [-0.2, -0.15) is 0 Å². The van der Waals surface area contributed by atoms with Gasteiger partial charge in [0.25, 0.3) is 5.91 Å². The molecule has 2 amide bonds. The van der Waals surface area contributed by atoms with Crippen LogP contribution in [0.5, 0.6) is 0 Å². The number of amides is 2. The summed E-state index contributed by atoms with van der Waals surface area (Å²) in [4.78, 5) is 37.8. The predicted molar refractivity (Wildman–Crippen MR) is 153 cm³/mol. The number of nitrogens with one attached hydrogen (secondary N) is 2. The lowest BCUT2D eigenvalue weighted by molar-refractivity contribution is -0.113. The van der Waals surface area contributed by atoms with Crippen LogP contribution in [-0.4, -0.2) is 45.4 Å². The van der Waals surface area contributed by atoms with Gasteiger partial charge in [0, 0.05) is 11.6 Å². The number of aromatic nitrogens is 3. The smallest absolute Gasteiger partial charge is 0.339 e. The molecule has 2 N–H and O–H groups in total. The number of para-hydroxylation sites is 1. The van der Waals surface area contributed by atoms with Gasteiger partial charge in [-0.25, -0.2) is 4.79 Å². The molecule has 0 spiro atoms. The Hall–Kier alpha value is -3.34. The molecule has 12 heteroatoms. The Kier molecular flexibility index (Phi) is 11.0. The number of carbonyl (C=O) groups is 3. The highest BCUT2D eigenvalue weighted by molar-refractivity contribution is 7.99. The summed E-state index contributed by atoms with van der Waals surface area (Å²) in [5, 5.41) is 15.6. The Balaban J connectivity index is 1.79. The van der Waals surface area contributed by atoms with Crippen molar-refractivity contribution in [1.29, 1.82) is 0 Å². The van der Waals surface area contributed by atoms with E-state index in [1.165, 1.54) is 24.9 Å². The number of methoxy groups -OCH3 is 1. The Labute approximate surface area is 241 Å². The number of thioether (sulfide) groups is 1. The molecule has 3 aromatic rings. The minimum Gasteiger partial charge on any atom is -0.465 e. The summed E-state index contributed by atoms with van der Waals surface area (Å²) in [7, 11) is 1.28. The fraction of sp³-hybridized carbons (Fsp3) is 0.296. The number of rotatable bonds is 12. The van der Waals surface area contributed by atoms with Gasteiger partial charge in [-0.05, 0) is 42.7 Å². The quantitative estimate of drug-likeness (QED) is 0.156. The van der Waals surface area contributed by atoms with Crippen molar-refractivity contribution in [1.82, 2.24) is 20.1 Å².